The van der Waals surface area contributed by atoms with E-state index < -0.39 is 0 Å². The molecule has 0 fully saturated rings. The predicted molar refractivity (Wildman–Crippen MR) is 150 cm³/mol. The zero-order chi connectivity index (χ0) is 26.5. The summed E-state index contributed by atoms with van der Waals surface area (Å²) >= 11 is 0. The van der Waals surface area contributed by atoms with Crippen molar-refractivity contribution in [3.63, 3.8) is 0 Å². The Hall–Kier alpha value is -3.93. The van der Waals surface area contributed by atoms with E-state index >= 15 is 0 Å². The molecule has 0 spiro atoms. The van der Waals surface area contributed by atoms with E-state index in [2.05, 4.69) is 49.1 Å². The number of carbonyl (C=O) groups excluding carboxylic acids is 1. The highest BCUT2D eigenvalue weighted by Crippen LogP contribution is 2.39. The second-order valence-corrected chi connectivity index (χ2v) is 10.3. The average Bonchev–Trinajstić information content (AvgIpc) is 3.42. The molecule has 2 aromatic carbocycles. The third kappa shape index (κ3) is 5.64. The van der Waals surface area contributed by atoms with E-state index in [1.54, 1.807) is 0 Å². The van der Waals surface area contributed by atoms with E-state index in [0.29, 0.717) is 19.1 Å². The van der Waals surface area contributed by atoms with Crippen molar-refractivity contribution in [2.75, 3.05) is 4.90 Å². The van der Waals surface area contributed by atoms with Gasteiger partial charge in [0.15, 0.2) is 0 Å². The van der Waals surface area contributed by atoms with Gasteiger partial charge in [-0.2, -0.15) is 5.10 Å². The second-order valence-electron chi connectivity index (χ2n) is 10.3. The quantitative estimate of drug-likeness (QED) is 0.254. The lowest BCUT2D eigenvalue weighted by Crippen LogP contribution is -2.36. The van der Waals surface area contributed by atoms with Gasteiger partial charge in [-0.25, -0.2) is 0 Å². The normalized spacial score (nSPS) is 14.8. The van der Waals surface area contributed by atoms with Crippen molar-refractivity contribution < 1.29 is 9.53 Å². The second kappa shape index (κ2) is 11.6. The molecule has 0 bridgehead atoms. The Morgan fingerprint density at radius 2 is 1.89 bits per heavy atom. The first-order chi connectivity index (χ1) is 18.5. The molecule has 38 heavy (non-hydrogen) atoms. The predicted octanol–water partition coefficient (Wildman–Crippen LogP) is 6.65. The zero-order valence-electron chi connectivity index (χ0n) is 22.5. The van der Waals surface area contributed by atoms with Crippen LogP contribution in [0.1, 0.15) is 73.4 Å². The number of rotatable bonds is 9. The number of carbonyl (C=O) groups is 1. The number of fused-ring (bicyclic) bond motifs is 1. The smallest absolute Gasteiger partial charge is 0.234 e. The van der Waals surface area contributed by atoms with Crippen LogP contribution in [0.25, 0.3) is 0 Å². The van der Waals surface area contributed by atoms with Gasteiger partial charge in [0.25, 0.3) is 0 Å². The highest BCUT2D eigenvalue weighted by Gasteiger charge is 2.32. The van der Waals surface area contributed by atoms with Gasteiger partial charge in [-0.1, -0.05) is 56.3 Å². The van der Waals surface area contributed by atoms with Crippen molar-refractivity contribution in [3.8, 4) is 5.75 Å². The van der Waals surface area contributed by atoms with Crippen molar-refractivity contribution in [2.45, 2.75) is 71.6 Å². The number of anilines is 1. The average molecular weight is 509 g/mol. The number of nitrogens with zero attached hydrogens (tertiary/aromatic N) is 4. The van der Waals surface area contributed by atoms with Crippen LogP contribution >= 0.6 is 0 Å². The fraction of sp³-hybridized carbons (Fsp3) is 0.344. The molecule has 2 heterocycles. The SMILES string of the molecule is CCn1cc(CN(C(=O)C2CCCc3c(OCc4ccccc4)cccc32)c2ccc(C(C)C)nc2)cn1. The van der Waals surface area contributed by atoms with Crippen molar-refractivity contribution in [1.29, 1.82) is 0 Å². The van der Waals surface area contributed by atoms with Crippen LogP contribution in [-0.4, -0.2) is 20.7 Å². The van der Waals surface area contributed by atoms with Gasteiger partial charge in [0.2, 0.25) is 5.91 Å². The minimum absolute atomic E-state index is 0.0921. The molecule has 0 N–H and O–H groups in total. The Morgan fingerprint density at radius 1 is 1.05 bits per heavy atom. The van der Waals surface area contributed by atoms with E-state index in [1.807, 2.05) is 70.6 Å². The van der Waals surface area contributed by atoms with Gasteiger partial charge in [-0.15, -0.1) is 0 Å². The molecule has 6 nitrogen and oxygen atoms in total. The largest absolute Gasteiger partial charge is 0.489 e. The lowest BCUT2D eigenvalue weighted by atomic mass is 9.81. The number of pyridine rings is 1. The minimum Gasteiger partial charge on any atom is -0.489 e. The molecule has 1 unspecified atom stereocenters. The van der Waals surface area contributed by atoms with Gasteiger partial charge in [-0.05, 0) is 67.0 Å². The Morgan fingerprint density at radius 3 is 2.61 bits per heavy atom. The highest BCUT2D eigenvalue weighted by atomic mass is 16.5. The molecule has 0 radical (unpaired) electrons. The summed E-state index contributed by atoms with van der Waals surface area (Å²) in [5, 5.41) is 4.43. The van der Waals surface area contributed by atoms with Crippen LogP contribution in [0.5, 0.6) is 5.75 Å². The number of amides is 1. The molecule has 1 aliphatic rings. The summed E-state index contributed by atoms with van der Waals surface area (Å²) in [5.74, 6) is 1.07. The number of benzene rings is 2. The van der Waals surface area contributed by atoms with Crippen LogP contribution in [-0.2, 0) is 30.9 Å². The maximum Gasteiger partial charge on any atom is 0.234 e. The Kier molecular flexibility index (Phi) is 7.87. The molecule has 6 heteroatoms. The first-order valence-electron chi connectivity index (χ1n) is 13.6. The van der Waals surface area contributed by atoms with Crippen LogP contribution in [0.3, 0.4) is 0 Å². The fourth-order valence-corrected chi connectivity index (χ4v) is 5.17. The van der Waals surface area contributed by atoms with E-state index in [9.17, 15) is 4.79 Å². The van der Waals surface area contributed by atoms with Gasteiger partial charge >= 0.3 is 0 Å². The lowest BCUT2D eigenvalue weighted by Gasteiger charge is -2.31. The summed E-state index contributed by atoms with van der Waals surface area (Å²) in [4.78, 5) is 20.8. The maximum absolute atomic E-state index is 14.3. The zero-order valence-corrected chi connectivity index (χ0v) is 22.5. The molecule has 0 aliphatic heterocycles. The molecular formula is C32H36N4O2. The molecule has 1 aliphatic carbocycles. The molecular weight excluding hydrogens is 472 g/mol. The van der Waals surface area contributed by atoms with Gasteiger partial charge in [-0.3, -0.25) is 14.5 Å². The third-order valence-corrected chi connectivity index (χ3v) is 7.29. The van der Waals surface area contributed by atoms with E-state index in [1.165, 1.54) is 0 Å². The summed E-state index contributed by atoms with van der Waals surface area (Å²) in [6, 6.07) is 20.4. The van der Waals surface area contributed by atoms with Gasteiger partial charge in [0, 0.05) is 24.0 Å². The van der Waals surface area contributed by atoms with Crippen molar-refractivity contribution in [1.82, 2.24) is 14.8 Å². The van der Waals surface area contributed by atoms with Crippen molar-refractivity contribution >= 4 is 11.6 Å². The summed E-state index contributed by atoms with van der Waals surface area (Å²) < 4.78 is 8.16. The lowest BCUT2D eigenvalue weighted by molar-refractivity contribution is -0.120. The summed E-state index contributed by atoms with van der Waals surface area (Å²) in [7, 11) is 0. The van der Waals surface area contributed by atoms with Crippen LogP contribution < -0.4 is 9.64 Å². The fourth-order valence-electron chi connectivity index (χ4n) is 5.17. The van der Waals surface area contributed by atoms with E-state index in [-0.39, 0.29) is 11.8 Å². The summed E-state index contributed by atoms with van der Waals surface area (Å²) in [6.45, 7) is 8.07. The van der Waals surface area contributed by atoms with Gasteiger partial charge in [0.05, 0.1) is 30.5 Å². The van der Waals surface area contributed by atoms with Crippen LogP contribution in [0.15, 0.2) is 79.3 Å². The molecule has 1 atom stereocenters. The van der Waals surface area contributed by atoms with E-state index in [0.717, 1.165) is 65.2 Å². The Balaban J connectivity index is 1.44. The maximum atomic E-state index is 14.3. The number of hydrogen-bond donors (Lipinski definition) is 0. The van der Waals surface area contributed by atoms with Crippen LogP contribution in [0.2, 0.25) is 0 Å². The molecule has 0 saturated carbocycles. The molecule has 4 aromatic rings. The Labute approximate surface area is 225 Å². The summed E-state index contributed by atoms with van der Waals surface area (Å²) in [6.07, 6.45) is 8.38. The van der Waals surface area contributed by atoms with Gasteiger partial charge < -0.3 is 9.64 Å². The van der Waals surface area contributed by atoms with Crippen molar-refractivity contribution in [3.05, 3.63) is 107 Å². The summed E-state index contributed by atoms with van der Waals surface area (Å²) in [5.41, 5.74) is 6.19. The van der Waals surface area contributed by atoms with Crippen LogP contribution in [0, 0.1) is 0 Å². The number of aryl methyl sites for hydroxylation is 1. The number of aromatic nitrogens is 3. The highest BCUT2D eigenvalue weighted by molar-refractivity contribution is 5.98. The minimum atomic E-state index is -0.231. The molecule has 196 valence electrons. The molecule has 1 amide bonds. The molecule has 5 rings (SSSR count). The number of hydrogen-bond acceptors (Lipinski definition) is 4. The molecule has 0 saturated heterocycles. The van der Waals surface area contributed by atoms with Crippen LogP contribution in [0.4, 0.5) is 5.69 Å². The van der Waals surface area contributed by atoms with E-state index in [4.69, 9.17) is 4.74 Å². The Bertz CT molecular complexity index is 1360. The number of ether oxygens (including phenoxy) is 1. The van der Waals surface area contributed by atoms with Crippen molar-refractivity contribution in [2.24, 2.45) is 0 Å². The third-order valence-electron chi connectivity index (χ3n) is 7.29. The van der Waals surface area contributed by atoms with Gasteiger partial charge in [0.1, 0.15) is 12.4 Å². The first-order valence-corrected chi connectivity index (χ1v) is 13.6. The monoisotopic (exact) mass is 508 g/mol. The standard InChI is InChI=1S/C32H36N4O2/c1-4-35-20-25(18-34-35)21-36(26-16-17-30(23(2)3)33-19-26)32(37)29-14-8-13-28-27(29)12-9-15-31(28)38-22-24-10-6-5-7-11-24/h5-7,9-12,15-20,23,29H,4,8,13-14,21-22H2,1-3H3. The first kappa shape index (κ1) is 25.7. The topological polar surface area (TPSA) is 60.2 Å². The molecule has 2 aromatic heterocycles.